The van der Waals surface area contributed by atoms with Crippen LogP contribution in [0.1, 0.15) is 51.9 Å². The van der Waals surface area contributed by atoms with Crippen LogP contribution in [0.25, 0.3) is 0 Å². The Morgan fingerprint density at radius 3 is 2.74 bits per heavy atom. The highest BCUT2D eigenvalue weighted by Gasteiger charge is 2.17. The smallest absolute Gasteiger partial charge is 0.0600 e. The molecule has 3 heteroatoms. The number of likely N-dealkylation sites (tertiary alicyclic amines) is 1. The predicted molar refractivity (Wildman–Crippen MR) is 80.5 cm³/mol. The van der Waals surface area contributed by atoms with Gasteiger partial charge in [0.15, 0.2) is 0 Å². The molecular formula is C16H32N2O. The lowest BCUT2D eigenvalue weighted by molar-refractivity contribution is 0.0204. The van der Waals surface area contributed by atoms with E-state index in [0.717, 1.165) is 32.2 Å². The minimum absolute atomic E-state index is 0.515. The Morgan fingerprint density at radius 1 is 1.11 bits per heavy atom. The molecule has 0 bridgehead atoms. The molecule has 1 N–H and O–H groups in total. The third kappa shape index (κ3) is 5.80. The third-order valence-corrected chi connectivity index (χ3v) is 4.68. The van der Waals surface area contributed by atoms with Gasteiger partial charge in [0, 0.05) is 6.54 Å². The number of nitrogens with one attached hydrogen (secondary N) is 1. The third-order valence-electron chi connectivity index (χ3n) is 4.68. The van der Waals surface area contributed by atoms with Crippen molar-refractivity contribution < 1.29 is 4.74 Å². The number of ether oxygens (including phenoxy) is 1. The maximum atomic E-state index is 6.02. The second-order valence-electron chi connectivity index (χ2n) is 6.25. The Labute approximate surface area is 119 Å². The van der Waals surface area contributed by atoms with Crippen LogP contribution in [0, 0.1) is 5.92 Å². The summed E-state index contributed by atoms with van der Waals surface area (Å²) in [6.07, 6.45) is 9.92. The molecule has 0 aliphatic carbocycles. The summed E-state index contributed by atoms with van der Waals surface area (Å²) < 4.78 is 6.02. The van der Waals surface area contributed by atoms with Gasteiger partial charge in [-0.3, -0.25) is 0 Å². The van der Waals surface area contributed by atoms with Crippen LogP contribution in [0.15, 0.2) is 0 Å². The Bertz CT molecular complexity index is 229. The summed E-state index contributed by atoms with van der Waals surface area (Å²) in [5.74, 6) is 0.986. The fourth-order valence-corrected chi connectivity index (χ4v) is 3.46. The van der Waals surface area contributed by atoms with Crippen LogP contribution in [0.2, 0.25) is 0 Å². The standard InChI is InChI=1S/C16H32N2O/c1-2-4-15-5-3-11-18(12-8-15)13-14-19-16-6-9-17-10-7-16/h15-17H,2-14H2,1H3. The molecule has 0 aromatic carbocycles. The molecule has 2 fully saturated rings. The molecule has 0 spiro atoms. The second-order valence-corrected chi connectivity index (χ2v) is 6.25. The van der Waals surface area contributed by atoms with Gasteiger partial charge in [-0.25, -0.2) is 0 Å². The van der Waals surface area contributed by atoms with Crippen molar-refractivity contribution in [2.24, 2.45) is 5.92 Å². The van der Waals surface area contributed by atoms with Gasteiger partial charge in [0.05, 0.1) is 12.7 Å². The van der Waals surface area contributed by atoms with Crippen LogP contribution < -0.4 is 5.32 Å². The molecule has 0 radical (unpaired) electrons. The number of nitrogens with zero attached hydrogens (tertiary/aromatic N) is 1. The van der Waals surface area contributed by atoms with Crippen LogP contribution in [0.4, 0.5) is 0 Å². The first kappa shape index (κ1) is 15.3. The zero-order valence-corrected chi connectivity index (χ0v) is 12.7. The quantitative estimate of drug-likeness (QED) is 0.801. The lowest BCUT2D eigenvalue weighted by Crippen LogP contribution is -2.35. The first-order valence-electron chi connectivity index (χ1n) is 8.43. The van der Waals surface area contributed by atoms with E-state index >= 15 is 0 Å². The van der Waals surface area contributed by atoms with Gasteiger partial charge in [-0.1, -0.05) is 19.8 Å². The molecule has 2 heterocycles. The maximum Gasteiger partial charge on any atom is 0.0600 e. The highest BCUT2D eigenvalue weighted by atomic mass is 16.5. The van der Waals surface area contributed by atoms with Gasteiger partial charge in [0.25, 0.3) is 0 Å². The SMILES string of the molecule is CCCC1CCCN(CCOC2CCNCC2)CC1. The van der Waals surface area contributed by atoms with Crippen molar-refractivity contribution in [2.75, 3.05) is 39.3 Å². The summed E-state index contributed by atoms with van der Waals surface area (Å²) >= 11 is 0. The van der Waals surface area contributed by atoms with Gasteiger partial charge in [0.1, 0.15) is 0 Å². The number of piperidine rings is 1. The van der Waals surface area contributed by atoms with E-state index in [9.17, 15) is 0 Å². The van der Waals surface area contributed by atoms with Crippen molar-refractivity contribution >= 4 is 0 Å². The lowest BCUT2D eigenvalue weighted by atomic mass is 9.96. The molecule has 1 unspecified atom stereocenters. The van der Waals surface area contributed by atoms with Crippen molar-refractivity contribution in [3.05, 3.63) is 0 Å². The summed E-state index contributed by atoms with van der Waals surface area (Å²) in [6, 6.07) is 0. The average Bonchev–Trinajstić information content (AvgIpc) is 2.66. The Hall–Kier alpha value is -0.120. The zero-order valence-electron chi connectivity index (χ0n) is 12.7. The summed E-state index contributed by atoms with van der Waals surface area (Å²) in [7, 11) is 0. The van der Waals surface area contributed by atoms with Crippen molar-refractivity contribution in [1.82, 2.24) is 10.2 Å². The van der Waals surface area contributed by atoms with Gasteiger partial charge < -0.3 is 15.0 Å². The molecule has 112 valence electrons. The summed E-state index contributed by atoms with van der Waals surface area (Å²) in [6.45, 7) is 9.23. The van der Waals surface area contributed by atoms with E-state index in [1.807, 2.05) is 0 Å². The maximum absolute atomic E-state index is 6.02. The molecule has 2 rings (SSSR count). The van der Waals surface area contributed by atoms with E-state index in [1.54, 1.807) is 0 Å². The highest BCUT2D eigenvalue weighted by molar-refractivity contribution is 4.71. The lowest BCUT2D eigenvalue weighted by Gasteiger charge is -2.25. The van der Waals surface area contributed by atoms with E-state index in [2.05, 4.69) is 17.1 Å². The van der Waals surface area contributed by atoms with Gasteiger partial charge in [-0.2, -0.15) is 0 Å². The molecule has 2 aliphatic rings. The molecule has 0 amide bonds. The van der Waals surface area contributed by atoms with Gasteiger partial charge in [0.2, 0.25) is 0 Å². The number of hydrogen-bond donors (Lipinski definition) is 1. The highest BCUT2D eigenvalue weighted by Crippen LogP contribution is 2.21. The van der Waals surface area contributed by atoms with Crippen molar-refractivity contribution in [3.8, 4) is 0 Å². The van der Waals surface area contributed by atoms with Gasteiger partial charge in [-0.05, 0) is 64.2 Å². The van der Waals surface area contributed by atoms with Crippen LogP contribution in [0.3, 0.4) is 0 Å². The van der Waals surface area contributed by atoms with Crippen LogP contribution >= 0.6 is 0 Å². The molecule has 3 nitrogen and oxygen atoms in total. The molecule has 1 atom stereocenters. The van der Waals surface area contributed by atoms with Crippen LogP contribution in [-0.2, 0) is 4.74 Å². The van der Waals surface area contributed by atoms with Crippen LogP contribution in [0.5, 0.6) is 0 Å². The molecule has 19 heavy (non-hydrogen) atoms. The fraction of sp³-hybridized carbons (Fsp3) is 1.00. The molecular weight excluding hydrogens is 236 g/mol. The largest absolute Gasteiger partial charge is 0.377 e. The van der Waals surface area contributed by atoms with Crippen LogP contribution in [-0.4, -0.2) is 50.3 Å². The average molecular weight is 268 g/mol. The van der Waals surface area contributed by atoms with E-state index in [4.69, 9.17) is 4.74 Å². The van der Waals surface area contributed by atoms with Crippen molar-refractivity contribution in [2.45, 2.75) is 58.0 Å². The van der Waals surface area contributed by atoms with E-state index in [-0.39, 0.29) is 0 Å². The summed E-state index contributed by atoms with van der Waals surface area (Å²) in [5.41, 5.74) is 0. The second kappa shape index (κ2) is 8.93. The van der Waals surface area contributed by atoms with E-state index in [1.165, 1.54) is 58.0 Å². The normalized spacial score (nSPS) is 27.3. The van der Waals surface area contributed by atoms with E-state index in [0.29, 0.717) is 6.10 Å². The molecule has 0 aromatic rings. The van der Waals surface area contributed by atoms with Gasteiger partial charge >= 0.3 is 0 Å². The first-order chi connectivity index (χ1) is 9.38. The number of rotatable bonds is 6. The minimum atomic E-state index is 0.515. The minimum Gasteiger partial charge on any atom is -0.377 e. The molecule has 2 aliphatic heterocycles. The fourth-order valence-electron chi connectivity index (χ4n) is 3.46. The Balaban J connectivity index is 1.57. The topological polar surface area (TPSA) is 24.5 Å². The summed E-state index contributed by atoms with van der Waals surface area (Å²) in [4.78, 5) is 2.62. The predicted octanol–water partition coefficient (Wildman–Crippen LogP) is 2.66. The monoisotopic (exact) mass is 268 g/mol. The molecule has 0 saturated carbocycles. The first-order valence-corrected chi connectivity index (χ1v) is 8.43. The van der Waals surface area contributed by atoms with Crippen molar-refractivity contribution in [3.63, 3.8) is 0 Å². The molecule has 2 saturated heterocycles. The van der Waals surface area contributed by atoms with Gasteiger partial charge in [-0.15, -0.1) is 0 Å². The molecule has 0 aromatic heterocycles. The number of hydrogen-bond acceptors (Lipinski definition) is 3. The van der Waals surface area contributed by atoms with E-state index < -0.39 is 0 Å². The Morgan fingerprint density at radius 2 is 1.95 bits per heavy atom. The zero-order chi connectivity index (χ0) is 13.3. The Kier molecular flexibility index (Phi) is 7.18. The van der Waals surface area contributed by atoms with Crippen molar-refractivity contribution in [1.29, 1.82) is 0 Å². The summed E-state index contributed by atoms with van der Waals surface area (Å²) in [5, 5.41) is 3.39.